The quantitative estimate of drug-likeness (QED) is 0.441. The molecule has 2 aromatic heterocycles. The Morgan fingerprint density at radius 2 is 1.50 bits per heavy atom. The van der Waals surface area contributed by atoms with Crippen molar-refractivity contribution in [2.45, 2.75) is 0 Å². The van der Waals surface area contributed by atoms with Crippen molar-refractivity contribution in [1.82, 2.24) is 9.97 Å². The van der Waals surface area contributed by atoms with Crippen molar-refractivity contribution in [1.29, 1.82) is 0 Å². The second-order valence-electron chi connectivity index (χ2n) is 4.83. The number of H-pyrrole nitrogens is 2. The highest BCUT2D eigenvalue weighted by atomic mass is 79.9. The van der Waals surface area contributed by atoms with Gasteiger partial charge in [0.15, 0.2) is 0 Å². The topological polar surface area (TPSA) is 31.6 Å². The van der Waals surface area contributed by atoms with Crippen LogP contribution < -0.4 is 0 Å². The molecule has 0 saturated carbocycles. The first kappa shape index (κ1) is 12.1. The van der Waals surface area contributed by atoms with Gasteiger partial charge in [0.1, 0.15) is 0 Å². The number of benzene rings is 2. The van der Waals surface area contributed by atoms with Crippen LogP contribution in [0.25, 0.3) is 33.2 Å². The third-order valence-corrected chi connectivity index (χ3v) is 4.19. The minimum Gasteiger partial charge on any atom is -0.353 e. The van der Waals surface area contributed by atoms with Gasteiger partial charge in [0.25, 0.3) is 0 Å². The Kier molecular flexibility index (Phi) is 2.65. The Morgan fingerprint density at radius 3 is 2.35 bits per heavy atom. The highest BCUT2D eigenvalue weighted by Crippen LogP contribution is 2.29. The molecule has 0 saturated heterocycles. The van der Waals surface area contributed by atoms with Gasteiger partial charge >= 0.3 is 0 Å². The summed E-state index contributed by atoms with van der Waals surface area (Å²) in [6, 6.07) is 16.3. The number of aromatic amines is 2. The number of hydrogen-bond donors (Lipinski definition) is 2. The summed E-state index contributed by atoms with van der Waals surface area (Å²) in [7, 11) is 0. The molecule has 0 atom stereocenters. The monoisotopic (exact) mass is 344 g/mol. The van der Waals surface area contributed by atoms with E-state index in [0.29, 0.717) is 0 Å². The van der Waals surface area contributed by atoms with E-state index in [-0.39, 0.29) is 0 Å². The van der Waals surface area contributed by atoms with Crippen LogP contribution in [0.5, 0.6) is 0 Å². The Balaban J connectivity index is 1.91. The van der Waals surface area contributed by atoms with E-state index < -0.39 is 0 Å². The van der Waals surface area contributed by atoms with Crippen LogP contribution >= 0.6 is 27.5 Å². The zero-order valence-electron chi connectivity index (χ0n) is 10.4. The van der Waals surface area contributed by atoms with Gasteiger partial charge in [0, 0.05) is 31.3 Å². The Hall–Kier alpha value is -1.71. The van der Waals surface area contributed by atoms with Crippen LogP contribution in [0.2, 0.25) is 5.02 Å². The maximum absolute atomic E-state index is 6.03. The maximum Gasteiger partial charge on any atom is 0.0630 e. The number of nitrogens with one attached hydrogen (secondary N) is 2. The van der Waals surface area contributed by atoms with Gasteiger partial charge in [-0.15, -0.1) is 0 Å². The van der Waals surface area contributed by atoms with Gasteiger partial charge in [-0.1, -0.05) is 33.6 Å². The summed E-state index contributed by atoms with van der Waals surface area (Å²) in [6.07, 6.45) is 0. The molecule has 0 aliphatic carbocycles. The molecular weight excluding hydrogens is 336 g/mol. The minimum atomic E-state index is 0.753. The molecule has 0 radical (unpaired) electrons. The van der Waals surface area contributed by atoms with Gasteiger partial charge in [0.2, 0.25) is 0 Å². The standard InChI is InChI=1S/C16H10BrClN2/c17-11-2-1-9-6-15(20-14(9)8-11)16-7-10-5-12(18)3-4-13(10)19-16/h1-8,19-20H. The average Bonchev–Trinajstić information content (AvgIpc) is 3.00. The summed E-state index contributed by atoms with van der Waals surface area (Å²) in [6.45, 7) is 0. The minimum absolute atomic E-state index is 0.753. The zero-order valence-corrected chi connectivity index (χ0v) is 12.7. The first-order valence-corrected chi connectivity index (χ1v) is 7.43. The molecule has 0 amide bonds. The molecule has 2 N–H and O–H groups in total. The normalized spacial score (nSPS) is 11.5. The van der Waals surface area contributed by atoms with Gasteiger partial charge in [0.05, 0.1) is 11.4 Å². The molecule has 0 unspecified atom stereocenters. The number of aromatic nitrogens is 2. The molecular formula is C16H10BrClN2. The van der Waals surface area contributed by atoms with Crippen LogP contribution in [0.3, 0.4) is 0 Å². The number of hydrogen-bond acceptors (Lipinski definition) is 0. The van der Waals surface area contributed by atoms with E-state index in [0.717, 1.165) is 37.3 Å². The average molecular weight is 346 g/mol. The van der Waals surface area contributed by atoms with Gasteiger partial charge in [-0.05, 0) is 42.5 Å². The molecule has 4 rings (SSSR count). The van der Waals surface area contributed by atoms with Crippen molar-refractivity contribution in [2.75, 3.05) is 0 Å². The molecule has 2 nitrogen and oxygen atoms in total. The fraction of sp³-hybridized carbons (Fsp3) is 0. The fourth-order valence-electron chi connectivity index (χ4n) is 2.49. The lowest BCUT2D eigenvalue weighted by molar-refractivity contribution is 1.38. The molecule has 0 aliphatic rings. The van der Waals surface area contributed by atoms with Crippen molar-refractivity contribution in [3.05, 3.63) is 58.0 Å². The van der Waals surface area contributed by atoms with Crippen LogP contribution in [0.15, 0.2) is 53.0 Å². The molecule has 0 spiro atoms. The Labute approximate surface area is 128 Å². The molecule has 4 aromatic rings. The lowest BCUT2D eigenvalue weighted by atomic mass is 10.2. The zero-order chi connectivity index (χ0) is 13.7. The van der Waals surface area contributed by atoms with E-state index in [9.17, 15) is 0 Å². The largest absolute Gasteiger partial charge is 0.353 e. The van der Waals surface area contributed by atoms with Crippen molar-refractivity contribution < 1.29 is 0 Å². The molecule has 0 fully saturated rings. The van der Waals surface area contributed by atoms with E-state index in [2.05, 4.69) is 50.2 Å². The third-order valence-electron chi connectivity index (χ3n) is 3.46. The van der Waals surface area contributed by atoms with Crippen molar-refractivity contribution in [3.63, 3.8) is 0 Å². The summed E-state index contributed by atoms with van der Waals surface area (Å²) in [5.41, 5.74) is 4.34. The first-order chi connectivity index (χ1) is 9.69. The van der Waals surface area contributed by atoms with Gasteiger partial charge in [-0.25, -0.2) is 0 Å². The van der Waals surface area contributed by atoms with E-state index in [4.69, 9.17) is 11.6 Å². The van der Waals surface area contributed by atoms with E-state index >= 15 is 0 Å². The highest BCUT2D eigenvalue weighted by molar-refractivity contribution is 9.10. The summed E-state index contributed by atoms with van der Waals surface area (Å²) in [4.78, 5) is 6.85. The number of rotatable bonds is 1. The van der Waals surface area contributed by atoms with Gasteiger partial charge in [-0.3, -0.25) is 0 Å². The smallest absolute Gasteiger partial charge is 0.0630 e. The number of halogens is 2. The predicted molar refractivity (Wildman–Crippen MR) is 88.3 cm³/mol. The van der Waals surface area contributed by atoms with E-state index in [1.807, 2.05) is 24.3 Å². The predicted octanol–water partition coefficient (Wildman–Crippen LogP) is 5.73. The molecule has 98 valence electrons. The van der Waals surface area contributed by atoms with Crippen LogP contribution in [0.4, 0.5) is 0 Å². The molecule has 0 bridgehead atoms. The Bertz CT molecular complexity index is 858. The molecule has 4 heteroatoms. The van der Waals surface area contributed by atoms with Gasteiger partial charge in [-0.2, -0.15) is 0 Å². The van der Waals surface area contributed by atoms with E-state index in [1.54, 1.807) is 0 Å². The SMILES string of the molecule is Clc1ccc2[nH]c(-c3cc4ccc(Br)cc4[nH]3)cc2c1. The summed E-state index contributed by atoms with van der Waals surface area (Å²) < 4.78 is 1.07. The lowest BCUT2D eigenvalue weighted by Gasteiger charge is -1.91. The van der Waals surface area contributed by atoms with Crippen LogP contribution in [0, 0.1) is 0 Å². The molecule has 2 aromatic carbocycles. The summed E-state index contributed by atoms with van der Waals surface area (Å²) >= 11 is 9.52. The van der Waals surface area contributed by atoms with Crippen molar-refractivity contribution >= 4 is 49.3 Å². The summed E-state index contributed by atoms with van der Waals surface area (Å²) in [5, 5.41) is 3.07. The third kappa shape index (κ3) is 1.94. The summed E-state index contributed by atoms with van der Waals surface area (Å²) in [5.74, 6) is 0. The van der Waals surface area contributed by atoms with E-state index in [1.165, 1.54) is 5.39 Å². The number of fused-ring (bicyclic) bond motifs is 2. The molecule has 0 aliphatic heterocycles. The van der Waals surface area contributed by atoms with Crippen molar-refractivity contribution in [2.24, 2.45) is 0 Å². The molecule has 2 heterocycles. The lowest BCUT2D eigenvalue weighted by Crippen LogP contribution is -1.75. The highest BCUT2D eigenvalue weighted by Gasteiger charge is 2.07. The Morgan fingerprint density at radius 1 is 0.750 bits per heavy atom. The first-order valence-electron chi connectivity index (χ1n) is 6.26. The van der Waals surface area contributed by atoms with Gasteiger partial charge < -0.3 is 9.97 Å². The second-order valence-corrected chi connectivity index (χ2v) is 6.18. The van der Waals surface area contributed by atoms with Crippen LogP contribution in [0.1, 0.15) is 0 Å². The fourth-order valence-corrected chi connectivity index (χ4v) is 3.03. The second kappa shape index (κ2) is 4.40. The van der Waals surface area contributed by atoms with Crippen LogP contribution in [-0.4, -0.2) is 9.97 Å². The van der Waals surface area contributed by atoms with Crippen LogP contribution in [-0.2, 0) is 0 Å². The van der Waals surface area contributed by atoms with Crippen molar-refractivity contribution in [3.8, 4) is 11.4 Å². The molecule has 20 heavy (non-hydrogen) atoms. The maximum atomic E-state index is 6.03.